The molecule has 1 aromatic carbocycles. The van der Waals surface area contributed by atoms with Crippen LogP contribution in [0.1, 0.15) is 70.3 Å². The minimum atomic E-state index is 0.791. The molecule has 0 bridgehead atoms. The molecule has 0 aliphatic heterocycles. The van der Waals surface area contributed by atoms with Crippen LogP contribution in [0.3, 0.4) is 0 Å². The Morgan fingerprint density at radius 2 is 1.74 bits per heavy atom. The third-order valence-corrected chi connectivity index (χ3v) is 5.95. The molecule has 124 valence electrons. The van der Waals surface area contributed by atoms with Crippen LogP contribution >= 0.6 is 0 Å². The SMILES string of the molecule is CCCCC[C@H]1CC[C@H](C2C=CC(c3ccccc3)=CC2)CC1. The first-order valence-electron chi connectivity index (χ1n) is 9.80. The highest BCUT2D eigenvalue weighted by atomic mass is 14.3. The van der Waals surface area contributed by atoms with Gasteiger partial charge in [-0.05, 0) is 48.2 Å². The maximum Gasteiger partial charge on any atom is -0.0167 e. The van der Waals surface area contributed by atoms with E-state index in [4.69, 9.17) is 0 Å². The van der Waals surface area contributed by atoms with E-state index < -0.39 is 0 Å². The summed E-state index contributed by atoms with van der Waals surface area (Å²) in [5.74, 6) is 2.75. The van der Waals surface area contributed by atoms with Gasteiger partial charge in [0.25, 0.3) is 0 Å². The van der Waals surface area contributed by atoms with Crippen molar-refractivity contribution in [3.8, 4) is 0 Å². The van der Waals surface area contributed by atoms with E-state index in [0.29, 0.717) is 0 Å². The van der Waals surface area contributed by atoms with E-state index in [1.165, 1.54) is 68.9 Å². The Balaban J connectivity index is 1.46. The van der Waals surface area contributed by atoms with Gasteiger partial charge in [-0.3, -0.25) is 0 Å². The molecular formula is C23H32. The number of hydrogen-bond donors (Lipinski definition) is 0. The van der Waals surface area contributed by atoms with E-state index in [9.17, 15) is 0 Å². The average molecular weight is 309 g/mol. The standard InChI is InChI=1S/C23H32/c1-2-3-5-8-19-11-13-21(14-12-19)23-17-15-22(16-18-23)20-9-6-4-7-10-20/h4,6-7,9-10,15-17,19,21,23H,2-3,5,8,11-14,18H2,1H3/t19-,21-,23?. The highest BCUT2D eigenvalue weighted by molar-refractivity contribution is 5.74. The van der Waals surface area contributed by atoms with Crippen LogP contribution in [-0.4, -0.2) is 0 Å². The Labute approximate surface area is 142 Å². The van der Waals surface area contributed by atoms with Crippen LogP contribution < -0.4 is 0 Å². The second-order valence-electron chi connectivity index (χ2n) is 7.56. The highest BCUT2D eigenvalue weighted by Crippen LogP contribution is 2.39. The van der Waals surface area contributed by atoms with Crippen molar-refractivity contribution in [3.05, 3.63) is 54.1 Å². The zero-order valence-corrected chi connectivity index (χ0v) is 14.7. The van der Waals surface area contributed by atoms with Crippen LogP contribution in [0.4, 0.5) is 0 Å². The zero-order valence-electron chi connectivity index (χ0n) is 14.7. The van der Waals surface area contributed by atoms with Crippen LogP contribution in [0.15, 0.2) is 48.6 Å². The summed E-state index contributed by atoms with van der Waals surface area (Å²) in [6.07, 6.45) is 20.2. The lowest BCUT2D eigenvalue weighted by molar-refractivity contribution is 0.219. The summed E-state index contributed by atoms with van der Waals surface area (Å²) in [6, 6.07) is 10.8. The van der Waals surface area contributed by atoms with Gasteiger partial charge in [0.15, 0.2) is 0 Å². The van der Waals surface area contributed by atoms with Crippen molar-refractivity contribution in [3.63, 3.8) is 0 Å². The number of hydrogen-bond acceptors (Lipinski definition) is 0. The van der Waals surface area contributed by atoms with Gasteiger partial charge in [-0.25, -0.2) is 0 Å². The van der Waals surface area contributed by atoms with Crippen LogP contribution in [0, 0.1) is 17.8 Å². The molecule has 1 fully saturated rings. The summed E-state index contributed by atoms with van der Waals surface area (Å²) in [4.78, 5) is 0. The maximum absolute atomic E-state index is 2.50. The second-order valence-corrected chi connectivity index (χ2v) is 7.56. The first-order valence-corrected chi connectivity index (χ1v) is 9.80. The van der Waals surface area contributed by atoms with E-state index in [1.807, 2.05) is 0 Å². The molecule has 3 rings (SSSR count). The van der Waals surface area contributed by atoms with E-state index >= 15 is 0 Å². The molecule has 1 saturated carbocycles. The maximum atomic E-state index is 2.50. The summed E-state index contributed by atoms with van der Waals surface area (Å²) in [7, 11) is 0. The van der Waals surface area contributed by atoms with Crippen LogP contribution in [0.5, 0.6) is 0 Å². The van der Waals surface area contributed by atoms with Crippen LogP contribution in [0.25, 0.3) is 5.57 Å². The molecule has 0 heteroatoms. The van der Waals surface area contributed by atoms with Crippen molar-refractivity contribution in [2.75, 3.05) is 0 Å². The molecule has 1 atom stereocenters. The van der Waals surface area contributed by atoms with Gasteiger partial charge >= 0.3 is 0 Å². The van der Waals surface area contributed by atoms with Gasteiger partial charge in [-0.1, -0.05) is 94.0 Å². The summed E-state index contributed by atoms with van der Waals surface area (Å²) in [5.41, 5.74) is 2.77. The normalized spacial score (nSPS) is 27.7. The highest BCUT2D eigenvalue weighted by Gasteiger charge is 2.26. The van der Waals surface area contributed by atoms with Crippen molar-refractivity contribution in [1.29, 1.82) is 0 Å². The first kappa shape index (κ1) is 16.6. The van der Waals surface area contributed by atoms with E-state index in [0.717, 1.165) is 17.8 Å². The van der Waals surface area contributed by atoms with Gasteiger partial charge in [0, 0.05) is 0 Å². The quantitative estimate of drug-likeness (QED) is 0.495. The molecule has 0 radical (unpaired) electrons. The molecule has 0 N–H and O–H groups in total. The molecular weight excluding hydrogens is 276 g/mol. The predicted molar refractivity (Wildman–Crippen MR) is 101 cm³/mol. The monoisotopic (exact) mass is 308 g/mol. The molecule has 0 nitrogen and oxygen atoms in total. The second kappa shape index (κ2) is 8.52. The lowest BCUT2D eigenvalue weighted by Gasteiger charge is -2.33. The summed E-state index contributed by atoms with van der Waals surface area (Å²) >= 11 is 0. The Kier molecular flexibility index (Phi) is 6.13. The molecule has 0 aromatic heterocycles. The lowest BCUT2D eigenvalue weighted by Crippen LogP contribution is -2.21. The first-order chi connectivity index (χ1) is 11.4. The van der Waals surface area contributed by atoms with E-state index in [1.54, 1.807) is 0 Å². The fraction of sp³-hybridized carbons (Fsp3) is 0.565. The summed E-state index contributed by atoms with van der Waals surface area (Å²) in [6.45, 7) is 2.31. The third kappa shape index (κ3) is 4.59. The number of rotatable bonds is 6. The Bertz CT molecular complexity index is 514. The molecule has 1 unspecified atom stereocenters. The van der Waals surface area contributed by atoms with Crippen LogP contribution in [-0.2, 0) is 0 Å². The average Bonchev–Trinajstić information content (AvgIpc) is 2.63. The van der Waals surface area contributed by atoms with E-state index in [-0.39, 0.29) is 0 Å². The minimum absolute atomic E-state index is 0.791. The van der Waals surface area contributed by atoms with Gasteiger partial charge in [0.1, 0.15) is 0 Å². The number of unbranched alkanes of at least 4 members (excludes halogenated alkanes) is 2. The molecule has 0 heterocycles. The molecule has 23 heavy (non-hydrogen) atoms. The van der Waals surface area contributed by atoms with Gasteiger partial charge < -0.3 is 0 Å². The van der Waals surface area contributed by atoms with E-state index in [2.05, 4.69) is 55.5 Å². The molecule has 0 saturated heterocycles. The Morgan fingerprint density at radius 1 is 0.957 bits per heavy atom. The minimum Gasteiger partial charge on any atom is -0.0802 e. The molecule has 0 amide bonds. The molecule has 0 spiro atoms. The number of benzene rings is 1. The molecule has 2 aliphatic carbocycles. The smallest absolute Gasteiger partial charge is 0.0167 e. The van der Waals surface area contributed by atoms with Crippen molar-refractivity contribution in [1.82, 2.24) is 0 Å². The van der Waals surface area contributed by atoms with Gasteiger partial charge in [-0.15, -0.1) is 0 Å². The summed E-state index contributed by atoms with van der Waals surface area (Å²) < 4.78 is 0. The Hall–Kier alpha value is -1.30. The van der Waals surface area contributed by atoms with Crippen molar-refractivity contribution in [2.24, 2.45) is 17.8 Å². The topological polar surface area (TPSA) is 0 Å². The molecule has 1 aromatic rings. The van der Waals surface area contributed by atoms with Gasteiger partial charge in [0.2, 0.25) is 0 Å². The molecule has 2 aliphatic rings. The fourth-order valence-corrected chi connectivity index (χ4v) is 4.42. The largest absolute Gasteiger partial charge is 0.0802 e. The Morgan fingerprint density at radius 3 is 2.39 bits per heavy atom. The third-order valence-electron chi connectivity index (χ3n) is 5.95. The van der Waals surface area contributed by atoms with Gasteiger partial charge in [0.05, 0.1) is 0 Å². The van der Waals surface area contributed by atoms with Crippen molar-refractivity contribution in [2.45, 2.75) is 64.7 Å². The predicted octanol–water partition coefficient (Wildman–Crippen LogP) is 7.03. The summed E-state index contributed by atoms with van der Waals surface area (Å²) in [5, 5.41) is 0. The van der Waals surface area contributed by atoms with Crippen LogP contribution in [0.2, 0.25) is 0 Å². The lowest BCUT2D eigenvalue weighted by atomic mass is 9.72. The fourth-order valence-electron chi connectivity index (χ4n) is 4.42. The van der Waals surface area contributed by atoms with Crippen molar-refractivity contribution >= 4 is 5.57 Å². The zero-order chi connectivity index (χ0) is 15.9. The number of allylic oxidation sites excluding steroid dienone is 4. The van der Waals surface area contributed by atoms with Crippen molar-refractivity contribution < 1.29 is 0 Å². The van der Waals surface area contributed by atoms with Gasteiger partial charge in [-0.2, -0.15) is 0 Å².